The molecule has 0 radical (unpaired) electrons. The number of ether oxygens (including phenoxy) is 2. The lowest BCUT2D eigenvalue weighted by Gasteiger charge is -2.14. The smallest absolute Gasteiger partial charge is 0.395 e. The first-order valence-electron chi connectivity index (χ1n) is 7.49. The van der Waals surface area contributed by atoms with Crippen LogP contribution in [0.2, 0.25) is 0 Å². The van der Waals surface area contributed by atoms with Crippen LogP contribution in [0.5, 0.6) is 11.5 Å². The van der Waals surface area contributed by atoms with Crippen LogP contribution in [0.15, 0.2) is 48.5 Å². The molecule has 2 aliphatic rings. The van der Waals surface area contributed by atoms with E-state index in [1.807, 2.05) is 24.3 Å². The van der Waals surface area contributed by atoms with E-state index in [0.717, 1.165) is 17.7 Å². The van der Waals surface area contributed by atoms with E-state index in [1.54, 1.807) is 17.0 Å². The van der Waals surface area contributed by atoms with Crippen LogP contribution in [-0.4, -0.2) is 18.7 Å². The summed E-state index contributed by atoms with van der Waals surface area (Å²) in [6.45, 7) is 0.635. The Bertz CT molecular complexity index is 848. The Morgan fingerprint density at radius 1 is 1.12 bits per heavy atom. The van der Waals surface area contributed by atoms with Crippen LogP contribution in [0.4, 0.5) is 14.5 Å². The monoisotopic (exact) mass is 329 g/mol. The first-order chi connectivity index (χ1) is 11.5. The van der Waals surface area contributed by atoms with Crippen molar-refractivity contribution < 1.29 is 23.0 Å². The van der Waals surface area contributed by atoms with Gasteiger partial charge in [0.05, 0.1) is 0 Å². The van der Waals surface area contributed by atoms with Crippen molar-refractivity contribution in [3.05, 3.63) is 59.7 Å². The summed E-state index contributed by atoms with van der Waals surface area (Å²) in [6.07, 6.45) is 0.190. The zero-order valence-electron chi connectivity index (χ0n) is 12.5. The average Bonchev–Trinajstić information content (AvgIpc) is 3.11. The number of anilines is 1. The second kappa shape index (κ2) is 5.33. The molecule has 0 spiro atoms. The van der Waals surface area contributed by atoms with Crippen molar-refractivity contribution in [1.29, 1.82) is 0 Å². The third-order valence-electron chi connectivity index (χ3n) is 4.00. The number of para-hydroxylation sites is 1. The molecule has 2 aromatic carbocycles. The molecule has 0 fully saturated rings. The summed E-state index contributed by atoms with van der Waals surface area (Å²) in [5.41, 5.74) is 2.64. The van der Waals surface area contributed by atoms with Gasteiger partial charge < -0.3 is 14.4 Å². The van der Waals surface area contributed by atoms with Crippen molar-refractivity contribution in [1.82, 2.24) is 0 Å². The fourth-order valence-electron chi connectivity index (χ4n) is 2.89. The van der Waals surface area contributed by atoms with Gasteiger partial charge in [-0.2, -0.15) is 0 Å². The first-order valence-corrected chi connectivity index (χ1v) is 7.49. The summed E-state index contributed by atoms with van der Waals surface area (Å²) in [5, 5.41) is 0. The van der Waals surface area contributed by atoms with Crippen molar-refractivity contribution in [3.63, 3.8) is 0 Å². The fraction of sp³-hybridized carbons (Fsp3) is 0.167. The minimum absolute atomic E-state index is 0.0167. The van der Waals surface area contributed by atoms with Crippen LogP contribution in [0.1, 0.15) is 11.1 Å². The third-order valence-corrected chi connectivity index (χ3v) is 4.00. The molecular formula is C18H13F2NO3. The van der Waals surface area contributed by atoms with Gasteiger partial charge in [0.15, 0.2) is 11.5 Å². The summed E-state index contributed by atoms with van der Waals surface area (Å²) in [4.78, 5) is 14.1. The number of carbonyl (C=O) groups excluding carboxylic acids is 1. The van der Waals surface area contributed by atoms with Crippen LogP contribution in [0.25, 0.3) is 6.08 Å². The van der Waals surface area contributed by atoms with E-state index in [9.17, 15) is 13.6 Å². The largest absolute Gasteiger partial charge is 0.586 e. The van der Waals surface area contributed by atoms with E-state index in [-0.39, 0.29) is 17.4 Å². The van der Waals surface area contributed by atoms with E-state index in [2.05, 4.69) is 9.47 Å². The summed E-state index contributed by atoms with van der Waals surface area (Å²) in [7, 11) is 0. The fourth-order valence-corrected chi connectivity index (χ4v) is 2.89. The predicted molar refractivity (Wildman–Crippen MR) is 84.2 cm³/mol. The minimum Gasteiger partial charge on any atom is -0.395 e. The number of nitrogens with zero attached hydrogens (tertiary/aromatic N) is 1. The molecule has 122 valence electrons. The molecule has 2 aromatic rings. The number of benzene rings is 2. The van der Waals surface area contributed by atoms with E-state index in [1.165, 1.54) is 18.2 Å². The predicted octanol–water partition coefficient (Wildman–Crippen LogP) is 3.61. The van der Waals surface area contributed by atoms with Gasteiger partial charge in [-0.05, 0) is 41.8 Å². The van der Waals surface area contributed by atoms with E-state index >= 15 is 0 Å². The van der Waals surface area contributed by atoms with E-state index in [4.69, 9.17) is 0 Å². The molecule has 0 unspecified atom stereocenters. The molecule has 0 aromatic heterocycles. The highest BCUT2D eigenvalue weighted by molar-refractivity contribution is 6.05. The number of halogens is 2. The van der Waals surface area contributed by atoms with Gasteiger partial charge in [0, 0.05) is 18.3 Å². The normalized spacial score (nSPS) is 17.3. The highest BCUT2D eigenvalue weighted by Crippen LogP contribution is 2.41. The summed E-state index contributed by atoms with van der Waals surface area (Å²) in [5.74, 6) is -0.207. The van der Waals surface area contributed by atoms with Gasteiger partial charge in [0.1, 0.15) is 0 Å². The third kappa shape index (κ3) is 2.60. The number of alkyl halides is 2. The van der Waals surface area contributed by atoms with Crippen molar-refractivity contribution in [2.45, 2.75) is 12.7 Å². The lowest BCUT2D eigenvalue weighted by Crippen LogP contribution is -2.26. The Balaban J connectivity index is 1.52. The van der Waals surface area contributed by atoms with Gasteiger partial charge >= 0.3 is 6.29 Å². The van der Waals surface area contributed by atoms with Gasteiger partial charge in [-0.1, -0.05) is 24.3 Å². The Hall–Kier alpha value is -2.89. The molecule has 0 aliphatic carbocycles. The molecule has 4 rings (SSSR count). The molecular weight excluding hydrogens is 316 g/mol. The second-order valence-corrected chi connectivity index (χ2v) is 5.58. The van der Waals surface area contributed by atoms with Gasteiger partial charge in [-0.3, -0.25) is 4.79 Å². The summed E-state index contributed by atoms with van der Waals surface area (Å²) in [6, 6.07) is 12.2. The second-order valence-electron chi connectivity index (χ2n) is 5.58. The van der Waals surface area contributed by atoms with Crippen LogP contribution >= 0.6 is 0 Å². The Morgan fingerprint density at radius 3 is 2.79 bits per heavy atom. The number of carbonyl (C=O) groups is 1. The highest BCUT2D eigenvalue weighted by Gasteiger charge is 2.43. The van der Waals surface area contributed by atoms with Gasteiger partial charge in [0.2, 0.25) is 0 Å². The zero-order valence-corrected chi connectivity index (χ0v) is 12.5. The van der Waals surface area contributed by atoms with E-state index in [0.29, 0.717) is 12.1 Å². The molecule has 0 atom stereocenters. The molecule has 4 nitrogen and oxygen atoms in total. The minimum atomic E-state index is -3.64. The molecule has 6 heteroatoms. The highest BCUT2D eigenvalue weighted by atomic mass is 19.3. The number of amides is 1. The van der Waals surface area contributed by atoms with Crippen LogP contribution < -0.4 is 14.4 Å². The number of hydrogen-bond acceptors (Lipinski definition) is 3. The molecule has 1 amide bonds. The molecule has 2 aliphatic heterocycles. The van der Waals surface area contributed by atoms with Gasteiger partial charge in [0.25, 0.3) is 5.91 Å². The van der Waals surface area contributed by atoms with E-state index < -0.39 is 6.29 Å². The van der Waals surface area contributed by atoms with Gasteiger partial charge in [-0.25, -0.2) is 0 Å². The van der Waals surface area contributed by atoms with Crippen LogP contribution in [-0.2, 0) is 11.2 Å². The maximum atomic E-state index is 13.0. The topological polar surface area (TPSA) is 38.8 Å². The first kappa shape index (κ1) is 14.7. The maximum absolute atomic E-state index is 13.0. The number of hydrogen-bond donors (Lipinski definition) is 0. The van der Waals surface area contributed by atoms with Crippen molar-refractivity contribution in [2.24, 2.45) is 0 Å². The van der Waals surface area contributed by atoms with Crippen molar-refractivity contribution in [3.8, 4) is 11.5 Å². The molecule has 0 bridgehead atoms. The summed E-state index contributed by atoms with van der Waals surface area (Å²) < 4.78 is 34.8. The molecule has 0 N–H and O–H groups in total. The Kier molecular flexibility index (Phi) is 3.26. The van der Waals surface area contributed by atoms with Gasteiger partial charge in [-0.15, -0.1) is 8.78 Å². The SMILES string of the molecule is O=C(/C=C/c1ccc2c(c1)OC(F)(F)O2)N1CCc2ccccc21. The zero-order chi connectivity index (χ0) is 16.7. The lowest BCUT2D eigenvalue weighted by atomic mass is 10.1. The number of rotatable bonds is 2. The summed E-state index contributed by atoms with van der Waals surface area (Å²) >= 11 is 0. The maximum Gasteiger partial charge on any atom is 0.586 e. The van der Waals surface area contributed by atoms with Crippen LogP contribution in [0.3, 0.4) is 0 Å². The van der Waals surface area contributed by atoms with Crippen molar-refractivity contribution >= 4 is 17.7 Å². The molecule has 0 saturated carbocycles. The van der Waals surface area contributed by atoms with Crippen LogP contribution in [0, 0.1) is 0 Å². The molecule has 24 heavy (non-hydrogen) atoms. The van der Waals surface area contributed by atoms with Crippen molar-refractivity contribution in [2.75, 3.05) is 11.4 Å². The quantitative estimate of drug-likeness (QED) is 0.790. The Labute approximate surface area is 136 Å². The lowest BCUT2D eigenvalue weighted by molar-refractivity contribution is -0.286. The standard InChI is InChI=1S/C18H13F2NO3/c19-18(20)23-15-7-5-12(11-16(15)24-18)6-8-17(22)21-10-9-13-3-1-2-4-14(13)21/h1-8,11H,9-10H2/b8-6+. The number of fused-ring (bicyclic) bond motifs is 2. The molecule has 0 saturated heterocycles. The average molecular weight is 329 g/mol. The Morgan fingerprint density at radius 2 is 1.92 bits per heavy atom. The molecule has 2 heterocycles.